The number of ketones is 1. The summed E-state index contributed by atoms with van der Waals surface area (Å²) in [5.74, 6) is -0.183. The van der Waals surface area contributed by atoms with Crippen LogP contribution in [-0.2, 0) is 4.74 Å². The molecule has 7 heteroatoms. The highest BCUT2D eigenvalue weighted by Gasteiger charge is 2.19. The third kappa shape index (κ3) is 3.30. The summed E-state index contributed by atoms with van der Waals surface area (Å²) >= 11 is 0. The van der Waals surface area contributed by atoms with E-state index in [0.29, 0.717) is 16.9 Å². The highest BCUT2D eigenvalue weighted by Crippen LogP contribution is 2.24. The van der Waals surface area contributed by atoms with E-state index in [1.165, 1.54) is 14.2 Å². The second-order valence-corrected chi connectivity index (χ2v) is 5.18. The van der Waals surface area contributed by atoms with Gasteiger partial charge in [-0.1, -0.05) is 18.2 Å². The third-order valence-corrected chi connectivity index (χ3v) is 3.71. The van der Waals surface area contributed by atoms with Gasteiger partial charge in [0.2, 0.25) is 5.78 Å². The molecule has 0 bridgehead atoms. The molecule has 0 aliphatic heterocycles. The predicted octanol–water partition coefficient (Wildman–Crippen LogP) is 2.62. The molecule has 128 valence electrons. The van der Waals surface area contributed by atoms with Gasteiger partial charge in [0.25, 0.3) is 0 Å². The summed E-state index contributed by atoms with van der Waals surface area (Å²) in [4.78, 5) is 24.6. The van der Waals surface area contributed by atoms with Crippen molar-refractivity contribution in [2.45, 2.75) is 0 Å². The Bertz CT molecular complexity index is 932. The second-order valence-electron chi connectivity index (χ2n) is 5.18. The number of ether oxygens (including phenoxy) is 3. The number of esters is 1. The number of hydrogen-bond donors (Lipinski definition) is 1. The minimum absolute atomic E-state index is 0.140. The van der Waals surface area contributed by atoms with Gasteiger partial charge in [-0.05, 0) is 24.3 Å². The van der Waals surface area contributed by atoms with Crippen LogP contribution in [0.4, 0.5) is 0 Å². The van der Waals surface area contributed by atoms with Crippen molar-refractivity contribution in [2.24, 2.45) is 0 Å². The van der Waals surface area contributed by atoms with Crippen LogP contribution in [-0.4, -0.2) is 42.8 Å². The Labute approximate surface area is 143 Å². The number of para-hydroxylation sites is 1. The maximum absolute atomic E-state index is 12.4. The molecule has 0 amide bonds. The molecule has 0 saturated carbocycles. The normalized spacial score (nSPS) is 10.5. The summed E-state index contributed by atoms with van der Waals surface area (Å²) < 4.78 is 15.4. The van der Waals surface area contributed by atoms with Gasteiger partial charge in [-0.25, -0.2) is 4.79 Å². The van der Waals surface area contributed by atoms with E-state index in [2.05, 4.69) is 10.2 Å². The lowest BCUT2D eigenvalue weighted by Crippen LogP contribution is -2.15. The maximum atomic E-state index is 12.4. The van der Waals surface area contributed by atoms with E-state index in [4.69, 9.17) is 14.2 Å². The van der Waals surface area contributed by atoms with Gasteiger partial charge in [-0.15, -0.1) is 0 Å². The number of methoxy groups -OCH3 is 2. The number of Topliss-reactive ketones (excluding diaryl/α,β-unsaturated/α-hetero) is 1. The molecule has 0 aliphatic rings. The number of aromatic nitrogens is 2. The highest BCUT2D eigenvalue weighted by molar-refractivity contribution is 6.04. The molecule has 25 heavy (non-hydrogen) atoms. The van der Waals surface area contributed by atoms with Gasteiger partial charge >= 0.3 is 5.97 Å². The van der Waals surface area contributed by atoms with Crippen molar-refractivity contribution in [3.63, 3.8) is 0 Å². The topological polar surface area (TPSA) is 90.5 Å². The average Bonchev–Trinajstić information content (AvgIpc) is 3.09. The minimum Gasteiger partial charge on any atom is -0.497 e. The number of hydrogen-bond acceptors (Lipinski definition) is 6. The first-order valence-corrected chi connectivity index (χ1v) is 7.49. The molecular weight excluding hydrogens is 324 g/mol. The molecule has 0 unspecified atom stereocenters. The number of nitrogens with zero attached hydrogens (tertiary/aromatic N) is 1. The molecule has 0 atom stereocenters. The third-order valence-electron chi connectivity index (χ3n) is 3.71. The van der Waals surface area contributed by atoms with Crippen molar-refractivity contribution in [1.82, 2.24) is 10.2 Å². The first kappa shape index (κ1) is 16.5. The van der Waals surface area contributed by atoms with Crippen LogP contribution in [0.2, 0.25) is 0 Å². The summed E-state index contributed by atoms with van der Waals surface area (Å²) in [6.45, 7) is -0.427. The van der Waals surface area contributed by atoms with Crippen LogP contribution >= 0.6 is 0 Å². The van der Waals surface area contributed by atoms with E-state index < -0.39 is 18.4 Å². The molecule has 7 nitrogen and oxygen atoms in total. The summed E-state index contributed by atoms with van der Waals surface area (Å²) in [6.07, 6.45) is 0. The summed E-state index contributed by atoms with van der Waals surface area (Å²) in [6, 6.07) is 12.0. The molecular formula is C18H16N2O5. The molecule has 0 aliphatic carbocycles. The van der Waals surface area contributed by atoms with Gasteiger partial charge < -0.3 is 14.2 Å². The fraction of sp³-hybridized carbons (Fsp3) is 0.167. The molecule has 1 heterocycles. The van der Waals surface area contributed by atoms with Crippen LogP contribution in [0.1, 0.15) is 20.8 Å². The summed E-state index contributed by atoms with van der Waals surface area (Å²) in [5, 5.41) is 7.34. The SMILES string of the molecule is COc1ccc(OC)c(C(=O)COC(=O)c2n[nH]c3ccccc23)c1. The van der Waals surface area contributed by atoms with E-state index >= 15 is 0 Å². The standard InChI is InChI=1S/C18H16N2O5/c1-23-11-7-8-16(24-2)13(9-11)15(21)10-25-18(22)17-12-5-3-4-6-14(12)19-20-17/h3-9H,10H2,1-2H3,(H,19,20). The van der Waals surface area contributed by atoms with Gasteiger partial charge in [0.1, 0.15) is 11.5 Å². The molecule has 0 radical (unpaired) electrons. The van der Waals surface area contributed by atoms with Crippen LogP contribution in [0.25, 0.3) is 10.9 Å². The smallest absolute Gasteiger partial charge is 0.359 e. The zero-order valence-electron chi connectivity index (χ0n) is 13.7. The molecule has 2 aromatic carbocycles. The number of carbonyl (C=O) groups excluding carboxylic acids is 2. The predicted molar refractivity (Wildman–Crippen MR) is 90.3 cm³/mol. The largest absolute Gasteiger partial charge is 0.497 e. The van der Waals surface area contributed by atoms with Gasteiger partial charge in [0, 0.05) is 5.39 Å². The van der Waals surface area contributed by atoms with Gasteiger partial charge in [0.15, 0.2) is 12.3 Å². The Morgan fingerprint density at radius 2 is 1.88 bits per heavy atom. The van der Waals surface area contributed by atoms with Crippen molar-refractivity contribution in [3.05, 3.63) is 53.7 Å². The van der Waals surface area contributed by atoms with Gasteiger partial charge in [-0.3, -0.25) is 9.89 Å². The van der Waals surface area contributed by atoms with Gasteiger partial charge in [-0.2, -0.15) is 5.10 Å². The van der Waals surface area contributed by atoms with E-state index in [1.807, 2.05) is 6.07 Å². The lowest BCUT2D eigenvalue weighted by atomic mass is 10.1. The van der Waals surface area contributed by atoms with Crippen molar-refractivity contribution in [1.29, 1.82) is 0 Å². The Kier molecular flexibility index (Phi) is 4.65. The zero-order valence-corrected chi connectivity index (χ0v) is 13.7. The molecule has 0 spiro atoms. The fourth-order valence-electron chi connectivity index (χ4n) is 2.43. The monoisotopic (exact) mass is 340 g/mol. The summed E-state index contributed by atoms with van der Waals surface area (Å²) in [5.41, 5.74) is 1.14. The molecule has 0 saturated heterocycles. The number of carbonyl (C=O) groups is 2. The number of aromatic amines is 1. The minimum atomic E-state index is -0.673. The lowest BCUT2D eigenvalue weighted by molar-refractivity contribution is 0.0470. The Morgan fingerprint density at radius 1 is 1.08 bits per heavy atom. The molecule has 3 aromatic rings. The Balaban J connectivity index is 1.75. The number of benzene rings is 2. The molecule has 1 aromatic heterocycles. The van der Waals surface area contributed by atoms with Crippen LogP contribution in [0.5, 0.6) is 11.5 Å². The van der Waals surface area contributed by atoms with Crippen molar-refractivity contribution in [3.8, 4) is 11.5 Å². The highest BCUT2D eigenvalue weighted by atomic mass is 16.5. The molecule has 3 rings (SSSR count). The van der Waals surface area contributed by atoms with E-state index in [9.17, 15) is 9.59 Å². The summed E-state index contributed by atoms with van der Waals surface area (Å²) in [7, 11) is 2.96. The number of rotatable bonds is 6. The number of nitrogens with one attached hydrogen (secondary N) is 1. The lowest BCUT2D eigenvalue weighted by Gasteiger charge is -2.09. The Hall–Kier alpha value is -3.35. The van der Waals surface area contributed by atoms with E-state index in [0.717, 1.165) is 5.52 Å². The average molecular weight is 340 g/mol. The van der Waals surface area contributed by atoms with Crippen LogP contribution in [0.3, 0.4) is 0 Å². The zero-order chi connectivity index (χ0) is 17.8. The van der Waals surface area contributed by atoms with Crippen molar-refractivity contribution < 1.29 is 23.8 Å². The number of H-pyrrole nitrogens is 1. The maximum Gasteiger partial charge on any atom is 0.359 e. The van der Waals surface area contributed by atoms with Gasteiger partial charge in [0.05, 0.1) is 25.3 Å². The second kappa shape index (κ2) is 7.04. The molecule has 1 N–H and O–H groups in total. The fourth-order valence-corrected chi connectivity index (χ4v) is 2.43. The Morgan fingerprint density at radius 3 is 2.64 bits per heavy atom. The number of fused-ring (bicyclic) bond motifs is 1. The van der Waals surface area contributed by atoms with Crippen molar-refractivity contribution >= 4 is 22.7 Å². The molecule has 0 fully saturated rings. The van der Waals surface area contributed by atoms with Crippen LogP contribution in [0, 0.1) is 0 Å². The van der Waals surface area contributed by atoms with E-state index in [1.54, 1.807) is 36.4 Å². The quantitative estimate of drug-likeness (QED) is 0.548. The first-order valence-electron chi connectivity index (χ1n) is 7.49. The first-order chi connectivity index (χ1) is 12.1. The van der Waals surface area contributed by atoms with Crippen LogP contribution in [0.15, 0.2) is 42.5 Å². The van der Waals surface area contributed by atoms with Crippen LogP contribution < -0.4 is 9.47 Å². The van der Waals surface area contributed by atoms with Crippen molar-refractivity contribution in [2.75, 3.05) is 20.8 Å². The van der Waals surface area contributed by atoms with E-state index in [-0.39, 0.29) is 11.3 Å².